The van der Waals surface area contributed by atoms with Crippen LogP contribution in [0, 0.1) is 11.8 Å². The van der Waals surface area contributed by atoms with Gasteiger partial charge in [-0.2, -0.15) is 4.39 Å². The summed E-state index contributed by atoms with van der Waals surface area (Å²) >= 11 is 0. The number of amidine groups is 1. The molecule has 0 fully saturated rings. The summed E-state index contributed by atoms with van der Waals surface area (Å²) in [5.41, 5.74) is 2.06. The molecule has 1 N–H and O–H groups in total. The molecule has 0 amide bonds. The fraction of sp³-hybridized carbons (Fsp3) is 0.261. The molecule has 0 aliphatic carbocycles. The monoisotopic (exact) mass is 408 g/mol. The Bertz CT molecular complexity index is 1120. The molecule has 5 nitrogen and oxygen atoms in total. The van der Waals surface area contributed by atoms with Gasteiger partial charge in [-0.25, -0.2) is 9.37 Å². The van der Waals surface area contributed by atoms with Crippen molar-refractivity contribution in [1.82, 2.24) is 14.9 Å². The van der Waals surface area contributed by atoms with Gasteiger partial charge in [0, 0.05) is 36.1 Å². The van der Waals surface area contributed by atoms with Crippen molar-refractivity contribution in [2.75, 3.05) is 0 Å². The summed E-state index contributed by atoms with van der Waals surface area (Å²) in [6.07, 6.45) is 3.82. The van der Waals surface area contributed by atoms with E-state index in [1.54, 1.807) is 36.0 Å². The Hall–Kier alpha value is -3.35. The Labute approximate surface area is 173 Å². The van der Waals surface area contributed by atoms with E-state index >= 15 is 0 Å². The predicted molar refractivity (Wildman–Crippen MR) is 112 cm³/mol. The maximum atomic E-state index is 13.6. The fourth-order valence-corrected chi connectivity index (χ4v) is 4.04. The SMILES string of the molecule is CCc1cc(C2=NC(C)C(c3ccc(F)cc3)(c3ccc(F)nc3)N2)cn(C)c1=O. The molecule has 0 spiro atoms. The molecule has 0 bridgehead atoms. The first-order valence-electron chi connectivity index (χ1n) is 9.79. The zero-order chi connectivity index (χ0) is 21.5. The summed E-state index contributed by atoms with van der Waals surface area (Å²) in [6.45, 7) is 3.87. The summed E-state index contributed by atoms with van der Waals surface area (Å²) in [5.74, 6) is -0.310. The van der Waals surface area contributed by atoms with E-state index in [0.717, 1.165) is 11.1 Å². The molecule has 7 heteroatoms. The summed E-state index contributed by atoms with van der Waals surface area (Å²) in [4.78, 5) is 20.9. The van der Waals surface area contributed by atoms with Crippen molar-refractivity contribution < 1.29 is 8.78 Å². The maximum absolute atomic E-state index is 13.6. The zero-order valence-electron chi connectivity index (χ0n) is 17.0. The van der Waals surface area contributed by atoms with Gasteiger partial charge in [0.1, 0.15) is 17.2 Å². The normalized spacial score (nSPS) is 20.7. The van der Waals surface area contributed by atoms with Gasteiger partial charge < -0.3 is 9.88 Å². The van der Waals surface area contributed by atoms with E-state index in [9.17, 15) is 13.6 Å². The topological polar surface area (TPSA) is 59.3 Å². The lowest BCUT2D eigenvalue weighted by molar-refractivity contribution is 0.430. The molecule has 3 aromatic rings. The second-order valence-corrected chi connectivity index (χ2v) is 7.49. The molecular weight excluding hydrogens is 386 g/mol. The van der Waals surface area contributed by atoms with Crippen molar-refractivity contribution in [1.29, 1.82) is 0 Å². The second-order valence-electron chi connectivity index (χ2n) is 7.49. The van der Waals surface area contributed by atoms with Gasteiger partial charge in [-0.05, 0) is 43.2 Å². The van der Waals surface area contributed by atoms with Gasteiger partial charge in [0.05, 0.1) is 6.04 Å². The quantitative estimate of drug-likeness (QED) is 0.674. The number of aliphatic imine (C=N–C) groups is 1. The van der Waals surface area contributed by atoms with Crippen LogP contribution in [0.5, 0.6) is 0 Å². The van der Waals surface area contributed by atoms with Crippen molar-refractivity contribution >= 4 is 5.84 Å². The van der Waals surface area contributed by atoms with Gasteiger partial charge in [-0.3, -0.25) is 9.79 Å². The minimum Gasteiger partial charge on any atom is -0.354 e. The van der Waals surface area contributed by atoms with E-state index in [0.29, 0.717) is 23.4 Å². The number of nitrogens with one attached hydrogen (secondary N) is 1. The number of hydrogen-bond donors (Lipinski definition) is 1. The molecule has 2 aromatic heterocycles. The summed E-state index contributed by atoms with van der Waals surface area (Å²) in [5, 5.41) is 3.49. The van der Waals surface area contributed by atoms with Gasteiger partial charge in [0.2, 0.25) is 5.95 Å². The highest BCUT2D eigenvalue weighted by molar-refractivity contribution is 6.01. The predicted octanol–water partition coefficient (Wildman–Crippen LogP) is 3.30. The van der Waals surface area contributed by atoms with Crippen LogP contribution in [-0.2, 0) is 19.0 Å². The minimum absolute atomic E-state index is 0.0413. The molecule has 1 aromatic carbocycles. The number of benzene rings is 1. The zero-order valence-corrected chi connectivity index (χ0v) is 17.0. The average molecular weight is 408 g/mol. The first-order chi connectivity index (χ1) is 14.3. The van der Waals surface area contributed by atoms with E-state index in [2.05, 4.69) is 10.3 Å². The highest BCUT2D eigenvalue weighted by Gasteiger charge is 2.45. The largest absolute Gasteiger partial charge is 0.354 e. The Morgan fingerprint density at radius 2 is 1.83 bits per heavy atom. The molecule has 30 heavy (non-hydrogen) atoms. The molecule has 2 unspecified atom stereocenters. The van der Waals surface area contributed by atoms with Gasteiger partial charge in [-0.15, -0.1) is 0 Å². The molecule has 154 valence electrons. The first kappa shape index (κ1) is 19.9. The standard InChI is InChI=1S/C23H22F2N4O/c1-4-15-11-16(13-29(3)22(15)30)21-27-14(2)23(28-21,17-5-8-19(24)9-6-17)18-7-10-20(25)26-12-18/h5-14H,4H2,1-3H3,(H,27,28). The van der Waals surface area contributed by atoms with Crippen LogP contribution < -0.4 is 10.9 Å². The number of rotatable bonds is 4. The minimum atomic E-state index is -0.856. The first-order valence-corrected chi connectivity index (χ1v) is 9.79. The molecular formula is C23H22F2N4O. The highest BCUT2D eigenvalue weighted by atomic mass is 19.1. The number of hydrogen-bond acceptors (Lipinski definition) is 4. The third-order valence-electron chi connectivity index (χ3n) is 5.66. The van der Waals surface area contributed by atoms with Gasteiger partial charge in [0.15, 0.2) is 0 Å². The molecule has 4 rings (SSSR count). The van der Waals surface area contributed by atoms with Crippen LogP contribution in [0.25, 0.3) is 0 Å². The number of nitrogens with zero attached hydrogens (tertiary/aromatic N) is 3. The van der Waals surface area contributed by atoms with Crippen LogP contribution in [0.15, 0.2) is 64.6 Å². The summed E-state index contributed by atoms with van der Waals surface area (Å²) < 4.78 is 28.7. The van der Waals surface area contributed by atoms with Crippen molar-refractivity contribution in [3.05, 3.63) is 99.2 Å². The number of pyridine rings is 2. The maximum Gasteiger partial charge on any atom is 0.253 e. The van der Waals surface area contributed by atoms with Gasteiger partial charge in [0.25, 0.3) is 5.56 Å². The Kier molecular flexibility index (Phi) is 4.97. The molecule has 0 saturated carbocycles. The average Bonchev–Trinajstić information content (AvgIpc) is 3.09. The molecule has 1 aliphatic rings. The van der Waals surface area contributed by atoms with Crippen LogP contribution >= 0.6 is 0 Å². The lowest BCUT2D eigenvalue weighted by Gasteiger charge is -2.34. The van der Waals surface area contributed by atoms with Crippen LogP contribution in [0.2, 0.25) is 0 Å². The summed E-state index contributed by atoms with van der Waals surface area (Å²) in [6, 6.07) is 10.7. The van der Waals surface area contributed by atoms with Crippen molar-refractivity contribution in [3.8, 4) is 0 Å². The molecule has 2 atom stereocenters. The highest BCUT2D eigenvalue weighted by Crippen LogP contribution is 2.38. The van der Waals surface area contributed by atoms with Crippen molar-refractivity contribution in [3.63, 3.8) is 0 Å². The second kappa shape index (κ2) is 7.48. The van der Waals surface area contributed by atoms with Crippen LogP contribution in [0.1, 0.15) is 36.1 Å². The van der Waals surface area contributed by atoms with Crippen molar-refractivity contribution in [2.45, 2.75) is 31.8 Å². The molecule has 0 saturated heterocycles. The molecule has 1 aliphatic heterocycles. The van der Waals surface area contributed by atoms with E-state index in [4.69, 9.17) is 4.99 Å². The lowest BCUT2D eigenvalue weighted by atomic mass is 9.79. The number of aromatic nitrogens is 2. The third-order valence-corrected chi connectivity index (χ3v) is 5.66. The van der Waals surface area contributed by atoms with Crippen molar-refractivity contribution in [2.24, 2.45) is 12.0 Å². The number of halogens is 2. The number of aryl methyl sites for hydroxylation is 2. The van der Waals surface area contributed by atoms with E-state index in [-0.39, 0.29) is 17.4 Å². The Morgan fingerprint density at radius 3 is 2.47 bits per heavy atom. The van der Waals surface area contributed by atoms with E-state index in [1.807, 2.05) is 19.9 Å². The van der Waals surface area contributed by atoms with Gasteiger partial charge in [-0.1, -0.05) is 25.1 Å². The summed E-state index contributed by atoms with van der Waals surface area (Å²) in [7, 11) is 1.71. The third kappa shape index (κ3) is 3.20. The van der Waals surface area contributed by atoms with Crippen LogP contribution in [0.3, 0.4) is 0 Å². The van der Waals surface area contributed by atoms with Crippen LogP contribution in [0.4, 0.5) is 8.78 Å². The fourth-order valence-electron chi connectivity index (χ4n) is 4.04. The smallest absolute Gasteiger partial charge is 0.253 e. The van der Waals surface area contributed by atoms with E-state index < -0.39 is 11.5 Å². The molecule has 0 radical (unpaired) electrons. The Balaban J connectivity index is 1.86. The van der Waals surface area contributed by atoms with Gasteiger partial charge >= 0.3 is 0 Å². The lowest BCUT2D eigenvalue weighted by Crippen LogP contribution is -2.48. The molecule has 3 heterocycles. The van der Waals surface area contributed by atoms with E-state index in [1.165, 1.54) is 24.4 Å². The van der Waals surface area contributed by atoms with Crippen LogP contribution in [-0.4, -0.2) is 21.4 Å². The Morgan fingerprint density at radius 1 is 1.13 bits per heavy atom.